The van der Waals surface area contributed by atoms with Crippen LogP contribution < -0.4 is 11.5 Å². The molecule has 0 fully saturated rings. The summed E-state index contributed by atoms with van der Waals surface area (Å²) in [4.78, 5) is 20.1. The molecule has 0 aromatic heterocycles. The molecule has 102 valence electrons. The van der Waals surface area contributed by atoms with Gasteiger partial charge in [0.25, 0.3) is 0 Å². The van der Waals surface area contributed by atoms with Gasteiger partial charge in [0.05, 0.1) is 15.5 Å². The van der Waals surface area contributed by atoms with Crippen molar-refractivity contribution in [1.82, 2.24) is 0 Å². The summed E-state index contributed by atoms with van der Waals surface area (Å²) in [5.74, 6) is 0. The zero-order valence-corrected chi connectivity index (χ0v) is 10.1. The lowest BCUT2D eigenvalue weighted by Crippen LogP contribution is -2.05. The van der Waals surface area contributed by atoms with Gasteiger partial charge < -0.3 is 11.5 Å². The first-order chi connectivity index (χ1) is 9.43. The number of benzene rings is 2. The fraction of sp³-hybridized carbons (Fsp3) is 0. The van der Waals surface area contributed by atoms with Crippen LogP contribution >= 0.6 is 0 Å². The van der Waals surface area contributed by atoms with Crippen molar-refractivity contribution in [1.29, 1.82) is 0 Å². The van der Waals surface area contributed by atoms with E-state index in [4.69, 9.17) is 11.5 Å². The molecule has 0 aliphatic carbocycles. The van der Waals surface area contributed by atoms with Gasteiger partial charge in [-0.1, -0.05) is 30.3 Å². The fourth-order valence-corrected chi connectivity index (χ4v) is 1.88. The highest BCUT2D eigenvalue weighted by molar-refractivity contribution is 5.93. The summed E-state index contributed by atoms with van der Waals surface area (Å²) >= 11 is 0. The van der Waals surface area contributed by atoms with Crippen LogP contribution in [0.1, 0.15) is 0 Å². The zero-order valence-electron chi connectivity index (χ0n) is 10.1. The van der Waals surface area contributed by atoms with Crippen molar-refractivity contribution in [2.75, 3.05) is 11.5 Å². The third-order valence-corrected chi connectivity index (χ3v) is 2.82. The summed E-state index contributed by atoms with van der Waals surface area (Å²) in [7, 11) is 0. The lowest BCUT2D eigenvalue weighted by atomic mass is 10.0. The Hall–Kier alpha value is -3.16. The molecule has 0 aliphatic heterocycles. The second kappa shape index (κ2) is 4.84. The summed E-state index contributed by atoms with van der Waals surface area (Å²) in [6.07, 6.45) is 0. The van der Waals surface area contributed by atoms with E-state index in [1.165, 1.54) is 0 Å². The first-order valence-electron chi connectivity index (χ1n) is 5.49. The van der Waals surface area contributed by atoms with E-state index in [2.05, 4.69) is 0 Å². The van der Waals surface area contributed by atoms with Crippen molar-refractivity contribution in [3.63, 3.8) is 0 Å². The summed E-state index contributed by atoms with van der Waals surface area (Å²) in [6.45, 7) is 0. The molecule has 8 heteroatoms. The van der Waals surface area contributed by atoms with Crippen molar-refractivity contribution in [3.8, 4) is 11.1 Å². The second-order valence-electron chi connectivity index (χ2n) is 4.00. The van der Waals surface area contributed by atoms with Crippen molar-refractivity contribution < 1.29 is 9.85 Å². The maximum atomic E-state index is 11.0. The first-order valence-corrected chi connectivity index (χ1v) is 5.49. The van der Waals surface area contributed by atoms with Crippen LogP contribution in [-0.4, -0.2) is 9.85 Å². The van der Waals surface area contributed by atoms with Crippen LogP contribution in [0.3, 0.4) is 0 Å². The van der Waals surface area contributed by atoms with E-state index in [0.29, 0.717) is 11.1 Å². The monoisotopic (exact) mass is 274 g/mol. The number of anilines is 2. The number of rotatable bonds is 3. The quantitative estimate of drug-likeness (QED) is 0.500. The van der Waals surface area contributed by atoms with E-state index in [1.807, 2.05) is 0 Å². The highest BCUT2D eigenvalue weighted by Crippen LogP contribution is 2.42. The molecule has 2 aromatic rings. The molecule has 0 heterocycles. The highest BCUT2D eigenvalue weighted by Gasteiger charge is 2.31. The van der Waals surface area contributed by atoms with Crippen LogP contribution in [0.4, 0.5) is 22.7 Å². The molecule has 0 amide bonds. The minimum atomic E-state index is -0.904. The third-order valence-electron chi connectivity index (χ3n) is 2.82. The Morgan fingerprint density at radius 1 is 0.900 bits per heavy atom. The highest BCUT2D eigenvalue weighted by atomic mass is 16.6. The molecule has 20 heavy (non-hydrogen) atoms. The summed E-state index contributed by atoms with van der Waals surface area (Å²) < 4.78 is 0. The van der Waals surface area contributed by atoms with Crippen LogP contribution in [0, 0.1) is 20.2 Å². The molecule has 4 N–H and O–H groups in total. The lowest BCUT2D eigenvalue weighted by Gasteiger charge is -2.09. The van der Waals surface area contributed by atoms with Gasteiger partial charge in [-0.2, -0.15) is 0 Å². The van der Waals surface area contributed by atoms with Gasteiger partial charge in [0.1, 0.15) is 5.69 Å². The average Bonchev–Trinajstić information content (AvgIpc) is 2.41. The molecule has 0 saturated carbocycles. The molecule has 2 rings (SSSR count). The van der Waals surface area contributed by atoms with E-state index in [9.17, 15) is 20.2 Å². The molecule has 0 unspecified atom stereocenters. The van der Waals surface area contributed by atoms with Gasteiger partial charge in [0.15, 0.2) is 0 Å². The number of nitrogen functional groups attached to an aromatic ring is 2. The molecular formula is C12H10N4O4. The van der Waals surface area contributed by atoms with E-state index in [-0.39, 0.29) is 5.69 Å². The normalized spacial score (nSPS) is 10.2. The number of nitro benzene ring substituents is 2. The smallest absolute Gasteiger partial charge is 0.370 e. The van der Waals surface area contributed by atoms with Gasteiger partial charge in [-0.25, -0.2) is 0 Å². The molecule has 0 aliphatic rings. The molecule has 8 nitrogen and oxygen atoms in total. The van der Waals surface area contributed by atoms with Crippen LogP contribution in [-0.2, 0) is 0 Å². The molecular weight excluding hydrogens is 264 g/mol. The molecule has 0 spiro atoms. The maximum absolute atomic E-state index is 11.0. The van der Waals surface area contributed by atoms with Crippen LogP contribution in [0.15, 0.2) is 36.4 Å². The van der Waals surface area contributed by atoms with Crippen molar-refractivity contribution in [2.24, 2.45) is 0 Å². The van der Waals surface area contributed by atoms with Crippen molar-refractivity contribution in [2.45, 2.75) is 0 Å². The Morgan fingerprint density at radius 3 is 2.00 bits per heavy atom. The third kappa shape index (κ3) is 2.09. The number of nitrogens with zero attached hydrogens (tertiary/aromatic N) is 2. The Balaban J connectivity index is 2.80. The Morgan fingerprint density at radius 2 is 1.50 bits per heavy atom. The molecule has 0 atom stereocenters. The molecule has 0 bridgehead atoms. The Bertz CT molecular complexity index is 700. The molecule has 0 saturated heterocycles. The van der Waals surface area contributed by atoms with Crippen LogP contribution in [0.25, 0.3) is 11.1 Å². The minimum Gasteiger partial charge on any atom is -0.396 e. The molecule has 0 radical (unpaired) electrons. The predicted octanol–water partition coefficient (Wildman–Crippen LogP) is 2.33. The summed E-state index contributed by atoms with van der Waals surface area (Å²) in [5, 5.41) is 21.9. The molecule has 2 aromatic carbocycles. The van der Waals surface area contributed by atoms with E-state index in [1.54, 1.807) is 30.3 Å². The van der Waals surface area contributed by atoms with Gasteiger partial charge in [0, 0.05) is 11.6 Å². The van der Waals surface area contributed by atoms with Crippen LogP contribution in [0.5, 0.6) is 0 Å². The van der Waals surface area contributed by atoms with Gasteiger partial charge in [-0.05, 0) is 5.56 Å². The maximum Gasteiger partial charge on any atom is 0.370 e. The van der Waals surface area contributed by atoms with Gasteiger partial charge >= 0.3 is 11.4 Å². The largest absolute Gasteiger partial charge is 0.396 e. The van der Waals surface area contributed by atoms with Gasteiger partial charge in [-0.15, -0.1) is 0 Å². The summed E-state index contributed by atoms with van der Waals surface area (Å²) in [5.41, 5.74) is 10.3. The predicted molar refractivity (Wildman–Crippen MR) is 74.0 cm³/mol. The fourth-order valence-electron chi connectivity index (χ4n) is 1.88. The topological polar surface area (TPSA) is 138 Å². The SMILES string of the molecule is Nc1c(-c2ccccc2)cc([N+](=O)[O-])c([N+](=O)[O-])c1N. The number of nitro groups is 2. The first kappa shape index (κ1) is 13.3. The minimum absolute atomic E-state index is 0.0477. The lowest BCUT2D eigenvalue weighted by molar-refractivity contribution is -0.421. The number of nitrogens with two attached hydrogens (primary N) is 2. The Labute approximate surface area is 112 Å². The zero-order chi connectivity index (χ0) is 14.9. The number of hydrogen-bond acceptors (Lipinski definition) is 6. The van der Waals surface area contributed by atoms with E-state index >= 15 is 0 Å². The van der Waals surface area contributed by atoms with Crippen molar-refractivity contribution in [3.05, 3.63) is 56.6 Å². The Kier molecular flexibility index (Phi) is 3.21. The van der Waals surface area contributed by atoms with E-state index < -0.39 is 26.9 Å². The van der Waals surface area contributed by atoms with Crippen molar-refractivity contribution >= 4 is 22.7 Å². The second-order valence-corrected chi connectivity index (χ2v) is 4.00. The van der Waals surface area contributed by atoms with Crippen LogP contribution in [0.2, 0.25) is 0 Å². The summed E-state index contributed by atoms with van der Waals surface area (Å²) in [6, 6.07) is 9.64. The van der Waals surface area contributed by atoms with Gasteiger partial charge in [-0.3, -0.25) is 20.2 Å². The van der Waals surface area contributed by atoms with Gasteiger partial charge in [0.2, 0.25) is 0 Å². The number of hydrogen-bond donors (Lipinski definition) is 2. The van der Waals surface area contributed by atoms with E-state index in [0.717, 1.165) is 6.07 Å². The average molecular weight is 274 g/mol. The standard InChI is InChI=1S/C12H10N4O4/c13-10-8(7-4-2-1-3-5-7)6-9(15(17)18)12(11(10)14)16(19)20/h1-6H,13-14H2.